The molecule has 0 aromatic heterocycles. The predicted molar refractivity (Wildman–Crippen MR) is 130 cm³/mol. The first-order valence-corrected chi connectivity index (χ1v) is 11.7. The molecule has 0 aliphatic heterocycles. The SMILES string of the molecule is COc1ccc(C(C)(C)c2ccc(OC(=O)CCCCCCCCC(C)=O)cc2)c(C)c1. The van der Waals surface area contributed by atoms with Crippen LogP contribution in [0.5, 0.6) is 11.5 Å². The number of hydrogen-bond donors (Lipinski definition) is 0. The third kappa shape index (κ3) is 7.81. The van der Waals surface area contributed by atoms with Gasteiger partial charge in [-0.3, -0.25) is 4.79 Å². The van der Waals surface area contributed by atoms with Gasteiger partial charge in [0.1, 0.15) is 17.3 Å². The van der Waals surface area contributed by atoms with E-state index < -0.39 is 0 Å². The van der Waals surface area contributed by atoms with Crippen LogP contribution < -0.4 is 9.47 Å². The lowest BCUT2D eigenvalue weighted by Gasteiger charge is -2.28. The molecule has 0 radical (unpaired) electrons. The highest BCUT2D eigenvalue weighted by atomic mass is 16.5. The van der Waals surface area contributed by atoms with E-state index in [1.54, 1.807) is 14.0 Å². The first-order chi connectivity index (χ1) is 15.2. The zero-order valence-corrected chi connectivity index (χ0v) is 20.3. The van der Waals surface area contributed by atoms with E-state index in [0.717, 1.165) is 49.8 Å². The van der Waals surface area contributed by atoms with E-state index in [4.69, 9.17) is 9.47 Å². The van der Waals surface area contributed by atoms with Gasteiger partial charge in [-0.2, -0.15) is 0 Å². The van der Waals surface area contributed by atoms with Crippen molar-refractivity contribution in [2.45, 2.75) is 84.5 Å². The summed E-state index contributed by atoms with van der Waals surface area (Å²) >= 11 is 0. The van der Waals surface area contributed by atoms with Crippen molar-refractivity contribution in [3.05, 3.63) is 59.2 Å². The van der Waals surface area contributed by atoms with Crippen LogP contribution in [0.1, 0.15) is 88.8 Å². The summed E-state index contributed by atoms with van der Waals surface area (Å²) in [6.07, 6.45) is 7.25. The molecule has 2 aromatic carbocycles. The monoisotopic (exact) mass is 438 g/mol. The number of ether oxygens (including phenoxy) is 2. The smallest absolute Gasteiger partial charge is 0.311 e. The summed E-state index contributed by atoms with van der Waals surface area (Å²) in [4.78, 5) is 23.1. The second kappa shape index (κ2) is 12.4. The van der Waals surface area contributed by atoms with Gasteiger partial charge in [0.15, 0.2) is 0 Å². The van der Waals surface area contributed by atoms with Crippen LogP contribution in [0, 0.1) is 6.92 Å². The van der Waals surface area contributed by atoms with Crippen LogP contribution in [0.4, 0.5) is 0 Å². The van der Waals surface area contributed by atoms with E-state index in [9.17, 15) is 9.59 Å². The second-order valence-electron chi connectivity index (χ2n) is 9.13. The molecule has 0 aliphatic rings. The molecule has 4 heteroatoms. The summed E-state index contributed by atoms with van der Waals surface area (Å²) in [6.45, 7) is 8.13. The summed E-state index contributed by atoms with van der Waals surface area (Å²) in [6, 6.07) is 14.0. The van der Waals surface area contributed by atoms with Gasteiger partial charge in [0.2, 0.25) is 0 Å². The topological polar surface area (TPSA) is 52.6 Å². The Morgan fingerprint density at radius 3 is 1.94 bits per heavy atom. The molecule has 0 unspecified atom stereocenters. The van der Waals surface area contributed by atoms with Crippen molar-refractivity contribution >= 4 is 11.8 Å². The summed E-state index contributed by atoms with van der Waals surface area (Å²) in [5.74, 6) is 1.53. The van der Waals surface area contributed by atoms with Crippen molar-refractivity contribution in [3.63, 3.8) is 0 Å². The van der Waals surface area contributed by atoms with Gasteiger partial charge in [0.05, 0.1) is 7.11 Å². The van der Waals surface area contributed by atoms with Gasteiger partial charge in [0.25, 0.3) is 0 Å². The fourth-order valence-electron chi connectivity index (χ4n) is 4.09. The van der Waals surface area contributed by atoms with E-state index in [0.29, 0.717) is 18.6 Å². The van der Waals surface area contributed by atoms with Crippen LogP contribution in [0.15, 0.2) is 42.5 Å². The molecule has 0 bridgehead atoms. The lowest BCUT2D eigenvalue weighted by Crippen LogP contribution is -2.20. The van der Waals surface area contributed by atoms with Crippen molar-refractivity contribution in [3.8, 4) is 11.5 Å². The lowest BCUT2D eigenvalue weighted by molar-refractivity contribution is -0.134. The van der Waals surface area contributed by atoms with Gasteiger partial charge < -0.3 is 14.3 Å². The first-order valence-electron chi connectivity index (χ1n) is 11.7. The van der Waals surface area contributed by atoms with E-state index >= 15 is 0 Å². The molecular formula is C28H38O4. The Morgan fingerprint density at radius 1 is 0.812 bits per heavy atom. The Morgan fingerprint density at radius 2 is 1.38 bits per heavy atom. The van der Waals surface area contributed by atoms with Gasteiger partial charge in [-0.1, -0.05) is 57.7 Å². The Labute approximate surface area is 193 Å². The highest BCUT2D eigenvalue weighted by Gasteiger charge is 2.25. The average molecular weight is 439 g/mol. The average Bonchev–Trinajstić information content (AvgIpc) is 2.75. The molecular weight excluding hydrogens is 400 g/mol. The van der Waals surface area contributed by atoms with E-state index in [-0.39, 0.29) is 17.2 Å². The quantitative estimate of drug-likeness (QED) is 0.193. The van der Waals surface area contributed by atoms with Gasteiger partial charge in [-0.05, 0) is 67.6 Å². The van der Waals surface area contributed by atoms with E-state index in [1.165, 1.54) is 11.1 Å². The molecule has 0 atom stereocenters. The number of aryl methyl sites for hydroxylation is 1. The Balaban J connectivity index is 1.81. The molecule has 0 saturated carbocycles. The molecule has 0 fully saturated rings. The van der Waals surface area contributed by atoms with Crippen molar-refractivity contribution < 1.29 is 19.1 Å². The highest BCUT2D eigenvalue weighted by molar-refractivity contribution is 5.75. The molecule has 0 aliphatic carbocycles. The number of ketones is 1. The molecule has 0 N–H and O–H groups in total. The summed E-state index contributed by atoms with van der Waals surface area (Å²) in [5.41, 5.74) is 3.41. The van der Waals surface area contributed by atoms with Gasteiger partial charge in [-0.15, -0.1) is 0 Å². The van der Waals surface area contributed by atoms with Crippen molar-refractivity contribution in [2.24, 2.45) is 0 Å². The van der Waals surface area contributed by atoms with E-state index in [1.807, 2.05) is 30.3 Å². The molecule has 0 heterocycles. The molecule has 174 valence electrons. The number of benzene rings is 2. The predicted octanol–water partition coefficient (Wildman–Crippen LogP) is 6.94. The normalized spacial score (nSPS) is 11.3. The van der Waals surface area contributed by atoms with Crippen LogP contribution in [-0.4, -0.2) is 18.9 Å². The van der Waals surface area contributed by atoms with Crippen LogP contribution >= 0.6 is 0 Å². The maximum absolute atomic E-state index is 12.2. The Kier molecular flexibility index (Phi) is 9.96. The third-order valence-electron chi connectivity index (χ3n) is 6.07. The van der Waals surface area contributed by atoms with Crippen molar-refractivity contribution in [1.82, 2.24) is 0 Å². The minimum atomic E-state index is -0.181. The fraction of sp³-hybridized carbons (Fsp3) is 0.500. The first kappa shape index (κ1) is 25.6. The third-order valence-corrected chi connectivity index (χ3v) is 6.07. The molecule has 2 rings (SSSR count). The number of methoxy groups -OCH3 is 1. The summed E-state index contributed by atoms with van der Waals surface area (Å²) < 4.78 is 10.8. The largest absolute Gasteiger partial charge is 0.497 e. The molecule has 32 heavy (non-hydrogen) atoms. The Bertz CT molecular complexity index is 881. The van der Waals surface area contributed by atoms with Crippen LogP contribution in [-0.2, 0) is 15.0 Å². The second-order valence-corrected chi connectivity index (χ2v) is 9.13. The van der Waals surface area contributed by atoms with Crippen molar-refractivity contribution in [2.75, 3.05) is 7.11 Å². The minimum absolute atomic E-state index is 0.177. The molecule has 4 nitrogen and oxygen atoms in total. The number of unbranched alkanes of at least 4 members (excludes halogenated alkanes) is 5. The number of hydrogen-bond acceptors (Lipinski definition) is 4. The number of esters is 1. The molecule has 0 spiro atoms. The van der Waals surface area contributed by atoms with Gasteiger partial charge >= 0.3 is 5.97 Å². The lowest BCUT2D eigenvalue weighted by atomic mass is 9.76. The number of carbonyl (C=O) groups is 2. The maximum Gasteiger partial charge on any atom is 0.311 e. The highest BCUT2D eigenvalue weighted by Crippen LogP contribution is 2.35. The van der Waals surface area contributed by atoms with Crippen LogP contribution in [0.2, 0.25) is 0 Å². The number of Topliss-reactive ketones (excluding diaryl/α,β-unsaturated/α-hetero) is 1. The molecule has 2 aromatic rings. The molecule has 0 saturated heterocycles. The van der Waals surface area contributed by atoms with Crippen molar-refractivity contribution in [1.29, 1.82) is 0 Å². The Hall–Kier alpha value is -2.62. The number of carbonyl (C=O) groups excluding carboxylic acids is 2. The standard InChI is InChI=1S/C28H38O4/c1-21-20-25(31-5)18-19-26(21)28(3,4)23-14-16-24(17-15-23)32-27(30)13-11-9-7-6-8-10-12-22(2)29/h14-20H,6-13H2,1-5H3. The summed E-state index contributed by atoms with van der Waals surface area (Å²) in [7, 11) is 1.68. The zero-order valence-electron chi connectivity index (χ0n) is 20.3. The molecule has 0 amide bonds. The van der Waals surface area contributed by atoms with Gasteiger partial charge in [-0.25, -0.2) is 0 Å². The van der Waals surface area contributed by atoms with Crippen LogP contribution in [0.3, 0.4) is 0 Å². The zero-order chi connectivity index (χ0) is 23.6. The summed E-state index contributed by atoms with van der Waals surface area (Å²) in [5, 5.41) is 0. The fourth-order valence-corrected chi connectivity index (χ4v) is 4.09. The van der Waals surface area contributed by atoms with Gasteiger partial charge in [0, 0.05) is 18.3 Å². The minimum Gasteiger partial charge on any atom is -0.497 e. The maximum atomic E-state index is 12.2. The van der Waals surface area contributed by atoms with E-state index in [2.05, 4.69) is 32.9 Å². The van der Waals surface area contributed by atoms with Crippen LogP contribution in [0.25, 0.3) is 0 Å². The number of rotatable bonds is 13.